The van der Waals surface area contributed by atoms with Crippen molar-refractivity contribution in [3.8, 4) is 0 Å². The smallest absolute Gasteiger partial charge is 0.339 e. The van der Waals surface area contributed by atoms with Gasteiger partial charge >= 0.3 is 5.97 Å². The minimum absolute atomic E-state index is 0.0412. The van der Waals surface area contributed by atoms with E-state index in [0.29, 0.717) is 13.1 Å². The highest BCUT2D eigenvalue weighted by molar-refractivity contribution is 7.89. The third-order valence-corrected chi connectivity index (χ3v) is 4.57. The van der Waals surface area contributed by atoms with Crippen molar-refractivity contribution >= 4 is 16.0 Å². The molecule has 0 unspecified atom stereocenters. The molecule has 0 radical (unpaired) electrons. The molecule has 0 aliphatic rings. The van der Waals surface area contributed by atoms with Gasteiger partial charge in [-0.2, -0.15) is 4.31 Å². The van der Waals surface area contributed by atoms with E-state index in [4.69, 9.17) is 0 Å². The lowest BCUT2D eigenvalue weighted by Crippen LogP contribution is -2.33. The number of ether oxygens (including phenoxy) is 1. The molecule has 0 fully saturated rings. The predicted octanol–water partition coefficient (Wildman–Crippen LogP) is 0.313. The highest BCUT2D eigenvalue weighted by Gasteiger charge is 2.26. The number of hydrogen-bond donors (Lipinski definition) is 1. The number of likely N-dealkylation sites (N-methyl/N-ethyl adjacent to an activating group) is 2. The Kier molecular flexibility index (Phi) is 5.46. The molecule has 1 rings (SSSR count). The maximum absolute atomic E-state index is 12.4. The van der Waals surface area contributed by atoms with Gasteiger partial charge in [-0.05, 0) is 19.2 Å². The van der Waals surface area contributed by atoms with Gasteiger partial charge in [0.05, 0.1) is 17.6 Å². The third-order valence-electron chi connectivity index (χ3n) is 2.66. The van der Waals surface area contributed by atoms with Crippen molar-refractivity contribution in [2.45, 2.75) is 4.90 Å². The quantitative estimate of drug-likeness (QED) is 0.762. The highest BCUT2D eigenvalue weighted by atomic mass is 32.2. The van der Waals surface area contributed by atoms with Gasteiger partial charge in [0.2, 0.25) is 10.0 Å². The molecule has 0 spiro atoms. The molecule has 0 heterocycles. The van der Waals surface area contributed by atoms with E-state index in [2.05, 4.69) is 10.1 Å². The van der Waals surface area contributed by atoms with E-state index in [1.54, 1.807) is 19.2 Å². The van der Waals surface area contributed by atoms with Gasteiger partial charge in [-0.25, -0.2) is 13.2 Å². The lowest BCUT2D eigenvalue weighted by molar-refractivity contribution is 0.0596. The maximum atomic E-state index is 12.4. The molecule has 0 aromatic heterocycles. The first-order valence-corrected chi connectivity index (χ1v) is 7.17. The Balaban J connectivity index is 3.18. The summed E-state index contributed by atoms with van der Waals surface area (Å²) in [5.74, 6) is -0.666. The van der Waals surface area contributed by atoms with Gasteiger partial charge < -0.3 is 10.1 Å². The third kappa shape index (κ3) is 3.52. The van der Waals surface area contributed by atoms with E-state index in [-0.39, 0.29) is 10.5 Å². The van der Waals surface area contributed by atoms with Crippen LogP contribution in [0.1, 0.15) is 10.4 Å². The Morgan fingerprint density at radius 1 is 1.37 bits per heavy atom. The van der Waals surface area contributed by atoms with Crippen LogP contribution in [0.5, 0.6) is 0 Å². The Morgan fingerprint density at radius 2 is 2.00 bits per heavy atom. The number of hydrogen-bond acceptors (Lipinski definition) is 5. The van der Waals surface area contributed by atoms with Crippen molar-refractivity contribution < 1.29 is 17.9 Å². The average Bonchev–Trinajstić information content (AvgIpc) is 2.43. The van der Waals surface area contributed by atoms with E-state index in [9.17, 15) is 13.2 Å². The molecule has 7 heteroatoms. The summed E-state index contributed by atoms with van der Waals surface area (Å²) in [7, 11) is 0.726. The van der Waals surface area contributed by atoms with E-state index in [1.165, 1.54) is 30.6 Å². The van der Waals surface area contributed by atoms with Crippen molar-refractivity contribution in [3.05, 3.63) is 29.8 Å². The zero-order chi connectivity index (χ0) is 14.5. The lowest BCUT2D eigenvalue weighted by Gasteiger charge is -2.18. The molecule has 0 saturated carbocycles. The molecule has 106 valence electrons. The van der Waals surface area contributed by atoms with Crippen molar-refractivity contribution in [3.63, 3.8) is 0 Å². The monoisotopic (exact) mass is 286 g/mol. The van der Waals surface area contributed by atoms with Crippen LogP contribution in [0.3, 0.4) is 0 Å². The van der Waals surface area contributed by atoms with Crippen molar-refractivity contribution in [2.24, 2.45) is 0 Å². The van der Waals surface area contributed by atoms with Crippen molar-refractivity contribution in [1.29, 1.82) is 0 Å². The summed E-state index contributed by atoms with van der Waals surface area (Å²) in [6.45, 7) is 0.838. The first-order chi connectivity index (χ1) is 8.95. The minimum atomic E-state index is -3.70. The number of nitrogens with zero attached hydrogens (tertiary/aromatic N) is 1. The van der Waals surface area contributed by atoms with Gasteiger partial charge in [0.25, 0.3) is 0 Å². The predicted molar refractivity (Wildman–Crippen MR) is 71.5 cm³/mol. The zero-order valence-electron chi connectivity index (χ0n) is 11.2. The summed E-state index contributed by atoms with van der Waals surface area (Å²) in [4.78, 5) is 11.6. The van der Waals surface area contributed by atoms with E-state index >= 15 is 0 Å². The Labute approximate surface area is 113 Å². The van der Waals surface area contributed by atoms with Gasteiger partial charge in [0.15, 0.2) is 0 Å². The lowest BCUT2D eigenvalue weighted by atomic mass is 10.2. The topological polar surface area (TPSA) is 75.7 Å². The van der Waals surface area contributed by atoms with Gasteiger partial charge in [0, 0.05) is 20.1 Å². The van der Waals surface area contributed by atoms with Crippen LogP contribution < -0.4 is 5.32 Å². The molecular formula is C12H18N2O4S. The standard InChI is InChI=1S/C12H18N2O4S/c1-13-8-9-14(2)19(16,17)11-7-5-4-6-10(11)12(15)18-3/h4-7,13H,8-9H2,1-3H3. The Bertz CT molecular complexity index is 542. The molecule has 0 bridgehead atoms. The van der Waals surface area contributed by atoms with Gasteiger partial charge in [0.1, 0.15) is 0 Å². The second-order valence-electron chi connectivity index (χ2n) is 3.92. The van der Waals surface area contributed by atoms with Crippen LogP contribution in [0.4, 0.5) is 0 Å². The fourth-order valence-corrected chi connectivity index (χ4v) is 2.87. The molecule has 0 amide bonds. The average molecular weight is 286 g/mol. The number of benzene rings is 1. The van der Waals surface area contributed by atoms with Gasteiger partial charge in [-0.1, -0.05) is 12.1 Å². The van der Waals surface area contributed by atoms with E-state index in [1.807, 2.05) is 0 Å². The number of rotatable bonds is 6. The Morgan fingerprint density at radius 3 is 2.58 bits per heavy atom. The van der Waals surface area contributed by atoms with Gasteiger partial charge in [-0.15, -0.1) is 0 Å². The zero-order valence-corrected chi connectivity index (χ0v) is 12.0. The molecule has 0 aliphatic heterocycles. The first kappa shape index (κ1) is 15.6. The number of sulfonamides is 1. The summed E-state index contributed by atoms with van der Waals surface area (Å²) in [5, 5.41) is 2.87. The molecule has 1 aromatic rings. The number of methoxy groups -OCH3 is 1. The van der Waals surface area contributed by atoms with Crippen molar-refractivity contribution in [1.82, 2.24) is 9.62 Å². The second-order valence-corrected chi connectivity index (χ2v) is 5.93. The van der Waals surface area contributed by atoms with Crippen LogP contribution in [0.2, 0.25) is 0 Å². The molecule has 6 nitrogen and oxygen atoms in total. The molecule has 19 heavy (non-hydrogen) atoms. The summed E-state index contributed by atoms with van der Waals surface area (Å²) in [6, 6.07) is 6.01. The normalized spacial score (nSPS) is 11.6. The summed E-state index contributed by atoms with van der Waals surface area (Å²) in [6.07, 6.45) is 0. The molecule has 1 aromatic carbocycles. The molecule has 1 N–H and O–H groups in total. The Hall–Kier alpha value is -1.44. The molecule has 0 atom stereocenters. The number of carbonyl (C=O) groups is 1. The molecule has 0 saturated heterocycles. The summed E-state index contributed by atoms with van der Waals surface area (Å²) in [5.41, 5.74) is 0.0429. The summed E-state index contributed by atoms with van der Waals surface area (Å²) < 4.78 is 30.5. The number of esters is 1. The maximum Gasteiger partial charge on any atom is 0.339 e. The molecule has 0 aliphatic carbocycles. The van der Waals surface area contributed by atoms with Crippen LogP contribution in [-0.2, 0) is 14.8 Å². The summed E-state index contributed by atoms with van der Waals surface area (Å²) >= 11 is 0. The number of nitrogens with one attached hydrogen (secondary N) is 1. The van der Waals surface area contributed by atoms with Crippen LogP contribution in [0.15, 0.2) is 29.2 Å². The van der Waals surface area contributed by atoms with Crippen molar-refractivity contribution in [2.75, 3.05) is 34.3 Å². The first-order valence-electron chi connectivity index (χ1n) is 5.73. The van der Waals surface area contributed by atoms with E-state index in [0.717, 1.165) is 0 Å². The molecular weight excluding hydrogens is 268 g/mol. The fraction of sp³-hybridized carbons (Fsp3) is 0.417. The fourth-order valence-electron chi connectivity index (χ4n) is 1.53. The van der Waals surface area contributed by atoms with Crippen LogP contribution in [-0.4, -0.2) is 53.0 Å². The largest absolute Gasteiger partial charge is 0.465 e. The highest BCUT2D eigenvalue weighted by Crippen LogP contribution is 2.19. The van der Waals surface area contributed by atoms with E-state index < -0.39 is 16.0 Å². The van der Waals surface area contributed by atoms with Crippen LogP contribution >= 0.6 is 0 Å². The second kappa shape index (κ2) is 6.65. The minimum Gasteiger partial charge on any atom is -0.465 e. The SMILES string of the molecule is CNCCN(C)S(=O)(=O)c1ccccc1C(=O)OC. The van der Waals surface area contributed by atoms with Crippen LogP contribution in [0, 0.1) is 0 Å². The van der Waals surface area contributed by atoms with Crippen LogP contribution in [0.25, 0.3) is 0 Å². The van der Waals surface area contributed by atoms with Gasteiger partial charge in [-0.3, -0.25) is 0 Å². The number of carbonyl (C=O) groups excluding carboxylic acids is 1.